The van der Waals surface area contributed by atoms with Crippen molar-refractivity contribution in [3.8, 4) is 0 Å². The summed E-state index contributed by atoms with van der Waals surface area (Å²) >= 11 is 0. The number of nitrogens with one attached hydrogen (secondary N) is 1. The Morgan fingerprint density at radius 2 is 1.96 bits per heavy atom. The van der Waals surface area contributed by atoms with Gasteiger partial charge in [-0.25, -0.2) is 0 Å². The van der Waals surface area contributed by atoms with E-state index >= 15 is 0 Å². The van der Waals surface area contributed by atoms with E-state index in [2.05, 4.69) is 50.3 Å². The third-order valence-electron chi connectivity index (χ3n) is 5.60. The molecule has 2 atom stereocenters. The summed E-state index contributed by atoms with van der Waals surface area (Å²) in [5.41, 5.74) is 2.33. The van der Waals surface area contributed by atoms with Gasteiger partial charge in [-0.3, -0.25) is 4.68 Å². The molecule has 0 unspecified atom stereocenters. The highest BCUT2D eigenvalue weighted by Gasteiger charge is 2.41. The van der Waals surface area contributed by atoms with E-state index in [-0.39, 0.29) is 5.04 Å². The fraction of sp³-hybridized carbons (Fsp3) is 0.833. The molecular formula is C18H35N3OSi. The zero-order valence-electron chi connectivity index (χ0n) is 16.1. The summed E-state index contributed by atoms with van der Waals surface area (Å²) in [6.45, 7) is 14.6. The van der Waals surface area contributed by atoms with Crippen molar-refractivity contribution in [1.29, 1.82) is 0 Å². The molecule has 0 aromatic carbocycles. The minimum atomic E-state index is -1.71. The number of rotatable bonds is 5. The summed E-state index contributed by atoms with van der Waals surface area (Å²) < 4.78 is 8.71. The molecule has 1 aliphatic carbocycles. The Morgan fingerprint density at radius 1 is 1.30 bits per heavy atom. The van der Waals surface area contributed by atoms with Crippen molar-refractivity contribution >= 4 is 8.32 Å². The first-order valence-electron chi connectivity index (χ1n) is 9.01. The van der Waals surface area contributed by atoms with Gasteiger partial charge < -0.3 is 9.74 Å². The lowest BCUT2D eigenvalue weighted by Gasteiger charge is -2.43. The largest absolute Gasteiger partial charge is 0.412 e. The van der Waals surface area contributed by atoms with E-state index in [0.717, 1.165) is 12.2 Å². The summed E-state index contributed by atoms with van der Waals surface area (Å²) in [6, 6.07) is 2.63. The number of hydrogen-bond acceptors (Lipinski definition) is 3. The van der Waals surface area contributed by atoms with Crippen molar-refractivity contribution in [3.05, 3.63) is 17.5 Å². The summed E-state index contributed by atoms with van der Waals surface area (Å²) in [5.74, 6) is 0. The van der Waals surface area contributed by atoms with Crippen LogP contribution in [0.15, 0.2) is 6.07 Å². The van der Waals surface area contributed by atoms with Crippen LogP contribution in [0.1, 0.15) is 57.8 Å². The molecule has 2 rings (SSSR count). The Balaban J connectivity index is 2.00. The van der Waals surface area contributed by atoms with Gasteiger partial charge in [-0.15, -0.1) is 0 Å². The highest BCUT2D eigenvalue weighted by Crippen LogP contribution is 2.39. The van der Waals surface area contributed by atoms with Crippen molar-refractivity contribution in [2.75, 3.05) is 0 Å². The Kier molecular flexibility index (Phi) is 5.75. The molecule has 1 saturated carbocycles. The molecule has 0 amide bonds. The van der Waals surface area contributed by atoms with Gasteiger partial charge >= 0.3 is 0 Å². The minimum absolute atomic E-state index is 0.272. The lowest BCUT2D eigenvalue weighted by Crippen LogP contribution is -2.51. The van der Waals surface area contributed by atoms with Crippen LogP contribution in [0.2, 0.25) is 18.1 Å². The van der Waals surface area contributed by atoms with Crippen molar-refractivity contribution < 1.29 is 4.43 Å². The molecule has 0 bridgehead atoms. The number of aryl methyl sites for hydroxylation is 2. The van der Waals surface area contributed by atoms with Crippen molar-refractivity contribution in [1.82, 2.24) is 15.1 Å². The SMILES string of the molecule is Cc1cc(CN[C@H]2CCCC[C@@H]2O[Si](C)(C)C(C)(C)C)n(C)n1. The second-order valence-corrected chi connectivity index (χ2v) is 13.3. The van der Waals surface area contributed by atoms with E-state index in [4.69, 9.17) is 4.43 Å². The quantitative estimate of drug-likeness (QED) is 0.820. The van der Waals surface area contributed by atoms with Crippen molar-refractivity contribution in [2.24, 2.45) is 7.05 Å². The normalized spacial score (nSPS) is 23.3. The third-order valence-corrected chi connectivity index (χ3v) is 10.1. The summed E-state index contributed by atoms with van der Waals surface area (Å²) in [6.07, 6.45) is 5.37. The predicted molar refractivity (Wildman–Crippen MR) is 99.1 cm³/mol. The molecule has 1 aromatic rings. The van der Waals surface area contributed by atoms with Crippen LogP contribution in [-0.2, 0) is 18.0 Å². The maximum Gasteiger partial charge on any atom is 0.192 e. The fourth-order valence-electron chi connectivity index (χ4n) is 3.09. The fourth-order valence-corrected chi connectivity index (χ4v) is 4.48. The number of aromatic nitrogens is 2. The monoisotopic (exact) mass is 337 g/mol. The third kappa shape index (κ3) is 4.67. The average Bonchev–Trinajstić information content (AvgIpc) is 2.74. The van der Waals surface area contributed by atoms with E-state index in [1.54, 1.807) is 0 Å². The average molecular weight is 338 g/mol. The van der Waals surface area contributed by atoms with Crippen molar-refractivity contribution in [2.45, 2.75) is 90.2 Å². The van der Waals surface area contributed by atoms with E-state index < -0.39 is 8.32 Å². The van der Waals surface area contributed by atoms with Crippen LogP contribution in [-0.4, -0.2) is 30.2 Å². The molecule has 1 aliphatic rings. The van der Waals surface area contributed by atoms with Gasteiger partial charge in [0.1, 0.15) is 0 Å². The number of nitrogens with zero attached hydrogens (tertiary/aromatic N) is 2. The molecule has 0 spiro atoms. The lowest BCUT2D eigenvalue weighted by molar-refractivity contribution is 0.0984. The maximum absolute atomic E-state index is 6.73. The van der Waals surface area contributed by atoms with Crippen LogP contribution in [0.5, 0.6) is 0 Å². The van der Waals surface area contributed by atoms with E-state index in [1.165, 1.54) is 31.4 Å². The van der Waals surface area contributed by atoms with Gasteiger partial charge in [-0.05, 0) is 44.0 Å². The van der Waals surface area contributed by atoms with Gasteiger partial charge in [-0.1, -0.05) is 33.6 Å². The van der Waals surface area contributed by atoms with E-state index in [0.29, 0.717) is 12.1 Å². The van der Waals surface area contributed by atoms with Gasteiger partial charge in [0.05, 0.1) is 17.5 Å². The molecule has 1 heterocycles. The highest BCUT2D eigenvalue weighted by atomic mass is 28.4. The molecule has 132 valence electrons. The molecule has 23 heavy (non-hydrogen) atoms. The molecule has 1 N–H and O–H groups in total. The Morgan fingerprint density at radius 3 is 2.52 bits per heavy atom. The summed E-state index contributed by atoms with van der Waals surface area (Å²) in [4.78, 5) is 0. The summed E-state index contributed by atoms with van der Waals surface area (Å²) in [7, 11) is 0.316. The standard InChI is InChI=1S/C18H35N3OSi/c1-14-12-15(21(5)20-14)13-19-16-10-8-9-11-17(16)22-23(6,7)18(2,3)4/h12,16-17,19H,8-11,13H2,1-7H3/t16-,17-/m0/s1. The van der Waals surface area contributed by atoms with Crippen LogP contribution in [0.3, 0.4) is 0 Å². The van der Waals surface area contributed by atoms with E-state index in [9.17, 15) is 0 Å². The van der Waals surface area contributed by atoms with Gasteiger partial charge in [0.2, 0.25) is 0 Å². The van der Waals surface area contributed by atoms with Crippen LogP contribution in [0.4, 0.5) is 0 Å². The lowest BCUT2D eigenvalue weighted by atomic mass is 9.92. The van der Waals surface area contributed by atoms with Crippen molar-refractivity contribution in [3.63, 3.8) is 0 Å². The van der Waals surface area contributed by atoms with Crippen LogP contribution >= 0.6 is 0 Å². The molecule has 0 saturated heterocycles. The first-order chi connectivity index (χ1) is 10.6. The second kappa shape index (κ2) is 7.07. The second-order valence-electron chi connectivity index (χ2n) is 8.59. The Hall–Kier alpha value is -0.653. The number of hydrogen-bond donors (Lipinski definition) is 1. The van der Waals surface area contributed by atoms with Gasteiger partial charge in [-0.2, -0.15) is 5.10 Å². The van der Waals surface area contributed by atoms with Gasteiger partial charge in [0, 0.05) is 19.6 Å². The zero-order chi connectivity index (χ0) is 17.3. The maximum atomic E-state index is 6.73. The highest BCUT2D eigenvalue weighted by molar-refractivity contribution is 6.74. The smallest absolute Gasteiger partial charge is 0.192 e. The molecular weight excluding hydrogens is 302 g/mol. The molecule has 1 aromatic heterocycles. The van der Waals surface area contributed by atoms with Gasteiger partial charge in [0.25, 0.3) is 0 Å². The predicted octanol–water partition coefficient (Wildman–Crippen LogP) is 4.15. The summed E-state index contributed by atoms with van der Waals surface area (Å²) in [5, 5.41) is 8.46. The molecule has 0 radical (unpaired) electrons. The van der Waals surface area contributed by atoms with Crippen LogP contribution in [0.25, 0.3) is 0 Å². The Labute approximate surface area is 143 Å². The molecule has 1 fully saturated rings. The minimum Gasteiger partial charge on any atom is -0.412 e. The van der Waals surface area contributed by atoms with Crippen LogP contribution < -0.4 is 5.32 Å². The zero-order valence-corrected chi connectivity index (χ0v) is 17.1. The van der Waals surface area contributed by atoms with Gasteiger partial charge in [0.15, 0.2) is 8.32 Å². The topological polar surface area (TPSA) is 39.1 Å². The molecule has 5 heteroatoms. The first-order valence-corrected chi connectivity index (χ1v) is 11.9. The molecule has 4 nitrogen and oxygen atoms in total. The van der Waals surface area contributed by atoms with E-state index in [1.807, 2.05) is 18.7 Å². The molecule has 0 aliphatic heterocycles. The first kappa shape index (κ1) is 18.7. The van der Waals surface area contributed by atoms with Crippen LogP contribution in [0, 0.1) is 6.92 Å². The Bertz CT molecular complexity index is 519.